The van der Waals surface area contributed by atoms with Crippen LogP contribution in [-0.2, 0) is 22.7 Å². The molecule has 3 amide bonds. The van der Waals surface area contributed by atoms with Crippen molar-refractivity contribution in [2.45, 2.75) is 25.6 Å². The van der Waals surface area contributed by atoms with Gasteiger partial charge in [0.1, 0.15) is 17.1 Å². The van der Waals surface area contributed by atoms with Crippen molar-refractivity contribution < 1.29 is 18.8 Å². The first-order chi connectivity index (χ1) is 14.8. The van der Waals surface area contributed by atoms with Crippen LogP contribution in [0.15, 0.2) is 54.6 Å². The summed E-state index contributed by atoms with van der Waals surface area (Å²) < 4.78 is 15.5. The van der Waals surface area contributed by atoms with Gasteiger partial charge in [-0.1, -0.05) is 36.4 Å². The van der Waals surface area contributed by atoms with Gasteiger partial charge in [0.2, 0.25) is 11.8 Å². The molecule has 0 saturated carbocycles. The molecule has 2 N–H and O–H groups in total. The lowest BCUT2D eigenvalue weighted by molar-refractivity contribution is -0.134. The number of hydrogen-bond acceptors (Lipinski definition) is 3. The highest BCUT2D eigenvalue weighted by Gasteiger charge is 2.45. The molecular weight excluding hydrogens is 399 g/mol. The van der Waals surface area contributed by atoms with Gasteiger partial charge < -0.3 is 20.1 Å². The second kappa shape index (κ2) is 7.86. The highest BCUT2D eigenvalue weighted by molar-refractivity contribution is 6.03. The molecule has 1 aliphatic heterocycles. The average Bonchev–Trinajstić information content (AvgIpc) is 3.13. The van der Waals surface area contributed by atoms with E-state index in [-0.39, 0.29) is 25.5 Å². The normalized spacial score (nSPS) is 18.0. The quantitative estimate of drug-likeness (QED) is 0.660. The number of amides is 3. The Labute approximate surface area is 178 Å². The van der Waals surface area contributed by atoms with Crippen LogP contribution in [0.25, 0.3) is 10.9 Å². The molecule has 0 saturated heterocycles. The Bertz CT molecular complexity index is 1190. The Balaban J connectivity index is 1.44. The van der Waals surface area contributed by atoms with Gasteiger partial charge in [-0.25, -0.2) is 4.39 Å². The summed E-state index contributed by atoms with van der Waals surface area (Å²) in [7, 11) is 1.58. The van der Waals surface area contributed by atoms with Gasteiger partial charge in [0.25, 0.3) is 5.91 Å². The van der Waals surface area contributed by atoms with Crippen molar-refractivity contribution in [2.75, 3.05) is 13.6 Å². The van der Waals surface area contributed by atoms with E-state index in [1.165, 1.54) is 11.0 Å². The fourth-order valence-corrected chi connectivity index (χ4v) is 3.84. The third-order valence-electron chi connectivity index (χ3n) is 5.87. The van der Waals surface area contributed by atoms with Crippen LogP contribution in [0.1, 0.15) is 23.0 Å². The van der Waals surface area contributed by atoms with Gasteiger partial charge in [-0.2, -0.15) is 0 Å². The number of hydrogen-bond donors (Lipinski definition) is 2. The summed E-state index contributed by atoms with van der Waals surface area (Å²) in [6.45, 7) is 1.69. The van der Waals surface area contributed by atoms with E-state index in [0.29, 0.717) is 11.3 Å². The van der Waals surface area contributed by atoms with Crippen molar-refractivity contribution in [3.8, 4) is 0 Å². The van der Waals surface area contributed by atoms with E-state index >= 15 is 0 Å². The predicted octanol–water partition coefficient (Wildman–Crippen LogP) is 2.06. The van der Waals surface area contributed by atoms with Gasteiger partial charge in [-0.05, 0) is 25.1 Å². The lowest BCUT2D eigenvalue weighted by Gasteiger charge is -2.41. The standard InChI is InChI=1S/C23H23FN4O3/c1-23(22(31)26-13-20(29)25-12-16-8-3-5-9-17(16)24)14-28-18-10-6-4-7-15(18)11-19(28)21(30)27(23)2/h3-11H,12-14H2,1-2H3,(H,25,29)(H,26,31)/t23-/m0/s1. The summed E-state index contributed by atoms with van der Waals surface area (Å²) in [6, 6.07) is 15.6. The van der Waals surface area contributed by atoms with Gasteiger partial charge in [0.15, 0.2) is 0 Å². The summed E-state index contributed by atoms with van der Waals surface area (Å²) in [6.07, 6.45) is 0. The minimum Gasteiger partial charge on any atom is -0.350 e. The molecule has 1 atom stereocenters. The van der Waals surface area contributed by atoms with Crippen molar-refractivity contribution in [1.82, 2.24) is 20.1 Å². The second-order valence-electron chi connectivity index (χ2n) is 7.86. The Morgan fingerprint density at radius 2 is 1.81 bits per heavy atom. The molecule has 0 radical (unpaired) electrons. The van der Waals surface area contributed by atoms with Crippen molar-refractivity contribution in [2.24, 2.45) is 0 Å². The van der Waals surface area contributed by atoms with Gasteiger partial charge >= 0.3 is 0 Å². The molecule has 0 unspecified atom stereocenters. The smallest absolute Gasteiger partial charge is 0.271 e. The molecule has 0 bridgehead atoms. The summed E-state index contributed by atoms with van der Waals surface area (Å²) in [5, 5.41) is 6.13. The predicted molar refractivity (Wildman–Crippen MR) is 114 cm³/mol. The lowest BCUT2D eigenvalue weighted by atomic mass is 9.95. The van der Waals surface area contributed by atoms with Gasteiger partial charge in [-0.3, -0.25) is 14.4 Å². The van der Waals surface area contributed by atoms with E-state index in [9.17, 15) is 18.8 Å². The molecule has 1 aliphatic rings. The number of halogens is 1. The monoisotopic (exact) mass is 422 g/mol. The molecule has 0 aliphatic carbocycles. The van der Waals surface area contributed by atoms with E-state index in [0.717, 1.165) is 10.9 Å². The number of aromatic nitrogens is 1. The number of fused-ring (bicyclic) bond motifs is 3. The minimum atomic E-state index is -1.17. The largest absolute Gasteiger partial charge is 0.350 e. The molecule has 0 fully saturated rings. The maximum Gasteiger partial charge on any atom is 0.271 e. The molecule has 2 heterocycles. The fourth-order valence-electron chi connectivity index (χ4n) is 3.84. The number of likely N-dealkylation sites (N-methyl/N-ethyl adjacent to an activating group) is 1. The van der Waals surface area contributed by atoms with Crippen molar-refractivity contribution in [3.63, 3.8) is 0 Å². The molecule has 3 aromatic rings. The van der Waals surface area contributed by atoms with Crippen LogP contribution in [0, 0.1) is 5.82 Å². The third kappa shape index (κ3) is 3.65. The Hall–Kier alpha value is -3.68. The highest BCUT2D eigenvalue weighted by atomic mass is 19.1. The SMILES string of the molecule is CN1C(=O)c2cc3ccccc3n2C[C@@]1(C)C(=O)NCC(=O)NCc1ccccc1F. The van der Waals surface area contributed by atoms with Crippen LogP contribution >= 0.6 is 0 Å². The molecule has 160 valence electrons. The maximum atomic E-state index is 13.7. The summed E-state index contributed by atoms with van der Waals surface area (Å²) in [5.41, 5.74) is 0.591. The van der Waals surface area contributed by atoms with E-state index in [4.69, 9.17) is 0 Å². The topological polar surface area (TPSA) is 83.4 Å². The number of para-hydroxylation sites is 1. The van der Waals surface area contributed by atoms with Crippen molar-refractivity contribution >= 4 is 28.6 Å². The zero-order chi connectivity index (χ0) is 22.2. The Morgan fingerprint density at radius 1 is 1.10 bits per heavy atom. The van der Waals surface area contributed by atoms with Crippen LogP contribution < -0.4 is 10.6 Å². The van der Waals surface area contributed by atoms with Crippen LogP contribution in [0.2, 0.25) is 0 Å². The average molecular weight is 422 g/mol. The highest BCUT2D eigenvalue weighted by Crippen LogP contribution is 2.31. The first-order valence-corrected chi connectivity index (χ1v) is 9.96. The number of nitrogens with zero attached hydrogens (tertiary/aromatic N) is 2. The second-order valence-corrected chi connectivity index (χ2v) is 7.86. The summed E-state index contributed by atoms with van der Waals surface area (Å²) in [4.78, 5) is 39.5. The van der Waals surface area contributed by atoms with Crippen LogP contribution in [0.5, 0.6) is 0 Å². The van der Waals surface area contributed by atoms with Gasteiger partial charge in [-0.15, -0.1) is 0 Å². The molecule has 0 spiro atoms. The Morgan fingerprint density at radius 3 is 2.58 bits per heavy atom. The lowest BCUT2D eigenvalue weighted by Crippen LogP contribution is -2.63. The minimum absolute atomic E-state index is 0.0236. The fraction of sp³-hybridized carbons (Fsp3) is 0.261. The van der Waals surface area contributed by atoms with Crippen LogP contribution in [-0.4, -0.2) is 46.3 Å². The maximum absolute atomic E-state index is 13.7. The van der Waals surface area contributed by atoms with Gasteiger partial charge in [0, 0.05) is 30.1 Å². The van der Waals surface area contributed by atoms with E-state index in [1.54, 1.807) is 32.2 Å². The summed E-state index contributed by atoms with van der Waals surface area (Å²) >= 11 is 0. The molecule has 7 nitrogen and oxygen atoms in total. The molecule has 31 heavy (non-hydrogen) atoms. The zero-order valence-electron chi connectivity index (χ0n) is 17.3. The van der Waals surface area contributed by atoms with Crippen LogP contribution in [0.4, 0.5) is 4.39 Å². The van der Waals surface area contributed by atoms with Crippen molar-refractivity contribution in [3.05, 3.63) is 71.7 Å². The molecular formula is C23H23FN4O3. The first kappa shape index (κ1) is 20.6. The van der Waals surface area contributed by atoms with Crippen LogP contribution in [0.3, 0.4) is 0 Å². The molecule has 2 aromatic carbocycles. The number of benzene rings is 2. The Kier molecular flexibility index (Phi) is 5.22. The molecule has 1 aromatic heterocycles. The van der Waals surface area contributed by atoms with E-state index in [1.807, 2.05) is 34.9 Å². The van der Waals surface area contributed by atoms with Crippen molar-refractivity contribution in [1.29, 1.82) is 0 Å². The van der Waals surface area contributed by atoms with Gasteiger partial charge in [0.05, 0.1) is 13.1 Å². The number of nitrogens with one attached hydrogen (secondary N) is 2. The molecule has 4 rings (SSSR count). The number of carbonyl (C=O) groups is 3. The summed E-state index contributed by atoms with van der Waals surface area (Å²) in [5.74, 6) is -1.55. The molecule has 8 heteroatoms. The first-order valence-electron chi connectivity index (χ1n) is 9.96. The number of carbonyl (C=O) groups excluding carboxylic acids is 3. The van der Waals surface area contributed by atoms with E-state index in [2.05, 4.69) is 10.6 Å². The number of rotatable bonds is 5. The zero-order valence-corrected chi connectivity index (χ0v) is 17.3. The van der Waals surface area contributed by atoms with E-state index < -0.39 is 23.2 Å². The third-order valence-corrected chi connectivity index (χ3v) is 5.87.